The molecule has 1 aromatic heterocycles. The highest BCUT2D eigenvalue weighted by atomic mass is 32.1. The molecule has 2 aromatic rings. The van der Waals surface area contributed by atoms with Crippen LogP contribution in [0.3, 0.4) is 0 Å². The highest BCUT2D eigenvalue weighted by Crippen LogP contribution is 2.33. The largest absolute Gasteiger partial charge is 0.484 e. The molecular formula is C21H26N2O3S. The number of fused-ring (bicyclic) bond motifs is 1. The van der Waals surface area contributed by atoms with Crippen molar-refractivity contribution < 1.29 is 14.3 Å². The Morgan fingerprint density at radius 1 is 1.33 bits per heavy atom. The first-order chi connectivity index (χ1) is 12.9. The van der Waals surface area contributed by atoms with Crippen molar-refractivity contribution in [1.29, 1.82) is 0 Å². The van der Waals surface area contributed by atoms with Crippen LogP contribution in [0.15, 0.2) is 35.7 Å². The molecule has 0 fully saturated rings. The Morgan fingerprint density at radius 3 is 2.85 bits per heavy atom. The minimum atomic E-state index is -0.374. The molecule has 0 radical (unpaired) electrons. The number of hydrogen-bond donors (Lipinski definition) is 0. The van der Waals surface area contributed by atoms with Crippen LogP contribution in [0.5, 0.6) is 10.8 Å². The van der Waals surface area contributed by atoms with E-state index < -0.39 is 0 Å². The van der Waals surface area contributed by atoms with Gasteiger partial charge in [-0.3, -0.25) is 4.90 Å². The first kappa shape index (κ1) is 19.5. The van der Waals surface area contributed by atoms with E-state index >= 15 is 0 Å². The summed E-state index contributed by atoms with van der Waals surface area (Å²) in [6.07, 6.45) is 4.75. The molecule has 3 rings (SSSR count). The predicted octanol–water partition coefficient (Wildman–Crippen LogP) is 4.59. The van der Waals surface area contributed by atoms with Gasteiger partial charge >= 0.3 is 6.09 Å². The quantitative estimate of drug-likeness (QED) is 0.754. The monoisotopic (exact) mass is 386 g/mol. The fraction of sp³-hybridized carbons (Fsp3) is 0.381. The zero-order valence-corrected chi connectivity index (χ0v) is 17.1. The van der Waals surface area contributed by atoms with Crippen LogP contribution in [0.4, 0.5) is 4.79 Å². The summed E-state index contributed by atoms with van der Waals surface area (Å²) in [6, 6.07) is 8.17. The third kappa shape index (κ3) is 4.90. The van der Waals surface area contributed by atoms with Gasteiger partial charge in [0.2, 0.25) is 0 Å². The van der Waals surface area contributed by atoms with Crippen molar-refractivity contribution in [2.45, 2.75) is 19.4 Å². The first-order valence-electron chi connectivity index (χ1n) is 9.02. The van der Waals surface area contributed by atoms with Crippen LogP contribution in [-0.2, 0) is 0 Å². The van der Waals surface area contributed by atoms with Crippen molar-refractivity contribution in [1.82, 2.24) is 9.80 Å². The van der Waals surface area contributed by atoms with Gasteiger partial charge in [-0.25, -0.2) is 4.79 Å². The molecule has 1 atom stereocenters. The Bertz CT molecular complexity index is 829. The number of aryl methyl sites for hydroxylation is 1. The first-order valence-corrected chi connectivity index (χ1v) is 9.90. The number of carbonyl (C=O) groups excluding carboxylic acids is 1. The maximum Gasteiger partial charge on any atom is 0.414 e. The predicted molar refractivity (Wildman–Crippen MR) is 110 cm³/mol. The van der Waals surface area contributed by atoms with Gasteiger partial charge in [0.25, 0.3) is 0 Å². The average Bonchev–Trinajstić information content (AvgIpc) is 2.97. The van der Waals surface area contributed by atoms with Gasteiger partial charge in [0.15, 0.2) is 5.06 Å². The molecule has 27 heavy (non-hydrogen) atoms. The third-order valence-electron chi connectivity index (χ3n) is 4.55. The summed E-state index contributed by atoms with van der Waals surface area (Å²) in [4.78, 5) is 15.5. The van der Waals surface area contributed by atoms with Gasteiger partial charge in [0, 0.05) is 33.1 Å². The zero-order chi connectivity index (χ0) is 19.4. The lowest BCUT2D eigenvalue weighted by molar-refractivity contribution is 0.172. The second-order valence-corrected chi connectivity index (χ2v) is 7.86. The highest BCUT2D eigenvalue weighted by molar-refractivity contribution is 7.12. The molecule has 0 aliphatic carbocycles. The number of carbonyl (C=O) groups is 1. The van der Waals surface area contributed by atoms with Crippen LogP contribution in [0, 0.1) is 6.92 Å². The number of rotatable bonds is 5. The fourth-order valence-corrected chi connectivity index (χ4v) is 3.87. The van der Waals surface area contributed by atoms with Crippen LogP contribution in [0.25, 0.3) is 6.08 Å². The van der Waals surface area contributed by atoms with Crippen LogP contribution in [0.1, 0.15) is 29.2 Å². The summed E-state index contributed by atoms with van der Waals surface area (Å²) < 4.78 is 11.3. The number of nitrogens with zero attached hydrogens (tertiary/aromatic N) is 2. The number of thiophene rings is 1. The van der Waals surface area contributed by atoms with Crippen molar-refractivity contribution >= 4 is 23.5 Å². The molecule has 0 bridgehead atoms. The molecule has 2 heterocycles. The highest BCUT2D eigenvalue weighted by Gasteiger charge is 2.22. The van der Waals surface area contributed by atoms with Crippen molar-refractivity contribution in [2.24, 2.45) is 0 Å². The van der Waals surface area contributed by atoms with E-state index in [1.54, 1.807) is 25.4 Å². The van der Waals surface area contributed by atoms with Crippen molar-refractivity contribution in [2.75, 3.05) is 34.3 Å². The van der Waals surface area contributed by atoms with Crippen LogP contribution in [0.2, 0.25) is 0 Å². The lowest BCUT2D eigenvalue weighted by Crippen LogP contribution is -2.26. The lowest BCUT2D eigenvalue weighted by atomic mass is 9.97. The van der Waals surface area contributed by atoms with Crippen molar-refractivity contribution in [3.63, 3.8) is 0 Å². The van der Waals surface area contributed by atoms with Gasteiger partial charge in [0.05, 0.1) is 6.61 Å². The van der Waals surface area contributed by atoms with E-state index in [0.717, 1.165) is 23.6 Å². The Hall–Kier alpha value is -2.31. The maximum absolute atomic E-state index is 11.8. The van der Waals surface area contributed by atoms with Gasteiger partial charge in [0.1, 0.15) is 5.75 Å². The molecule has 1 aliphatic heterocycles. The molecule has 0 unspecified atom stereocenters. The number of likely N-dealkylation sites (N-methyl/N-ethyl adjacent to an activating group) is 1. The molecule has 1 amide bonds. The maximum atomic E-state index is 11.8. The van der Waals surface area contributed by atoms with E-state index in [9.17, 15) is 4.79 Å². The summed E-state index contributed by atoms with van der Waals surface area (Å²) in [5.74, 6) is 0.561. The number of hydrogen-bond acceptors (Lipinski definition) is 5. The second-order valence-electron chi connectivity index (χ2n) is 6.99. The van der Waals surface area contributed by atoms with Gasteiger partial charge < -0.3 is 14.4 Å². The molecule has 144 valence electrons. The van der Waals surface area contributed by atoms with E-state index in [1.165, 1.54) is 16.0 Å². The molecule has 1 aromatic carbocycles. The standard InChI is InChI=1S/C21H26N2O3S/c1-15-12-20(27-14-15)25-11-9-19-18-8-7-17(26-21(24)22(2)3)13-16(18)6-5-10-23(19)4/h5-8,12-14,19H,9-11H2,1-4H3/t19-/m0/s1. The van der Waals surface area contributed by atoms with E-state index in [0.29, 0.717) is 12.4 Å². The van der Waals surface area contributed by atoms with Gasteiger partial charge in [-0.15, -0.1) is 11.3 Å². The molecular weight excluding hydrogens is 360 g/mol. The van der Waals surface area contributed by atoms with Crippen molar-refractivity contribution in [3.05, 3.63) is 52.4 Å². The van der Waals surface area contributed by atoms with E-state index in [-0.39, 0.29) is 12.1 Å². The number of benzene rings is 1. The Labute approximate surface area is 164 Å². The minimum absolute atomic E-state index is 0.245. The molecule has 1 aliphatic rings. The molecule has 6 heteroatoms. The topological polar surface area (TPSA) is 42.0 Å². The van der Waals surface area contributed by atoms with Gasteiger partial charge in [-0.2, -0.15) is 0 Å². The second kappa shape index (κ2) is 8.59. The molecule has 0 saturated carbocycles. The van der Waals surface area contributed by atoms with Gasteiger partial charge in [-0.1, -0.05) is 18.2 Å². The molecule has 0 N–H and O–H groups in total. The number of amides is 1. The Morgan fingerprint density at radius 2 is 2.15 bits per heavy atom. The summed E-state index contributed by atoms with van der Waals surface area (Å²) in [5.41, 5.74) is 3.54. The summed E-state index contributed by atoms with van der Waals surface area (Å²) >= 11 is 1.64. The van der Waals surface area contributed by atoms with Crippen LogP contribution in [-0.4, -0.2) is 50.2 Å². The summed E-state index contributed by atoms with van der Waals surface area (Å²) in [7, 11) is 5.47. The number of ether oxygens (including phenoxy) is 2. The Balaban J connectivity index is 1.73. The van der Waals surface area contributed by atoms with Crippen LogP contribution < -0.4 is 9.47 Å². The third-order valence-corrected chi connectivity index (χ3v) is 5.51. The summed E-state index contributed by atoms with van der Waals surface area (Å²) in [6.45, 7) is 3.60. The van der Waals surface area contributed by atoms with Gasteiger partial charge in [-0.05, 0) is 54.2 Å². The fourth-order valence-electron chi connectivity index (χ4n) is 3.09. The SMILES string of the molecule is Cc1csc(OCC[C@H]2c3ccc(OC(=O)N(C)C)cc3C=CCN2C)c1. The van der Waals surface area contributed by atoms with Crippen molar-refractivity contribution in [3.8, 4) is 10.8 Å². The Kier molecular flexibility index (Phi) is 6.19. The zero-order valence-electron chi connectivity index (χ0n) is 16.3. The molecule has 0 spiro atoms. The van der Waals surface area contributed by atoms with E-state index in [2.05, 4.69) is 48.5 Å². The van der Waals surface area contributed by atoms with E-state index in [1.807, 2.05) is 12.1 Å². The smallest absolute Gasteiger partial charge is 0.414 e. The lowest BCUT2D eigenvalue weighted by Gasteiger charge is -2.27. The minimum Gasteiger partial charge on any atom is -0.484 e. The average molecular weight is 387 g/mol. The van der Waals surface area contributed by atoms with Crippen LogP contribution >= 0.6 is 11.3 Å². The normalized spacial score (nSPS) is 16.5. The molecule has 0 saturated heterocycles. The molecule has 5 nitrogen and oxygen atoms in total. The van der Waals surface area contributed by atoms with E-state index in [4.69, 9.17) is 9.47 Å². The summed E-state index contributed by atoms with van der Waals surface area (Å²) in [5, 5.41) is 3.07.